The van der Waals surface area contributed by atoms with E-state index in [9.17, 15) is 0 Å². The molecular weight excluding hydrogens is 192 g/mol. The molecule has 15 heavy (non-hydrogen) atoms. The third kappa shape index (κ3) is 5.47. The van der Waals surface area contributed by atoms with E-state index in [1.54, 1.807) is 7.11 Å². The van der Waals surface area contributed by atoms with Gasteiger partial charge in [-0.1, -0.05) is 0 Å². The van der Waals surface area contributed by atoms with Crippen molar-refractivity contribution in [1.29, 1.82) is 0 Å². The van der Waals surface area contributed by atoms with Gasteiger partial charge in [0.15, 0.2) is 0 Å². The molecule has 1 fully saturated rings. The standard InChI is InChI=1S/C11H24N2O2/c1-12-11-4-3-5-13(10-11)6-7-15-9-8-14-2/h11-12H,3-10H2,1-2H3. The predicted octanol–water partition coefficient (Wildman–Crippen LogP) is 0.333. The summed E-state index contributed by atoms with van der Waals surface area (Å²) in [7, 11) is 3.74. The highest BCUT2D eigenvalue weighted by Gasteiger charge is 2.17. The Bertz CT molecular complexity index is 156. The molecule has 1 atom stereocenters. The molecule has 0 spiro atoms. The van der Waals surface area contributed by atoms with E-state index in [4.69, 9.17) is 9.47 Å². The Balaban J connectivity index is 2.00. The number of hydrogen-bond donors (Lipinski definition) is 1. The summed E-state index contributed by atoms with van der Waals surface area (Å²) in [5, 5.41) is 3.34. The number of likely N-dealkylation sites (tertiary alicyclic amines) is 1. The first-order valence-electron chi connectivity index (χ1n) is 5.83. The molecular formula is C11H24N2O2. The SMILES string of the molecule is CNC1CCCN(CCOCCOC)C1. The van der Waals surface area contributed by atoms with E-state index >= 15 is 0 Å². The monoisotopic (exact) mass is 216 g/mol. The van der Waals surface area contributed by atoms with Gasteiger partial charge in [0.05, 0.1) is 19.8 Å². The first kappa shape index (κ1) is 12.9. The Morgan fingerprint density at radius 1 is 1.33 bits per heavy atom. The van der Waals surface area contributed by atoms with Crippen LogP contribution in [0.1, 0.15) is 12.8 Å². The molecule has 1 rings (SSSR count). The summed E-state index contributed by atoms with van der Waals surface area (Å²) in [5.41, 5.74) is 0. The topological polar surface area (TPSA) is 33.7 Å². The highest BCUT2D eigenvalue weighted by atomic mass is 16.5. The van der Waals surface area contributed by atoms with Gasteiger partial charge in [0.25, 0.3) is 0 Å². The first-order valence-corrected chi connectivity index (χ1v) is 5.83. The average molecular weight is 216 g/mol. The normalized spacial score (nSPS) is 23.2. The Labute approximate surface area is 92.9 Å². The summed E-state index contributed by atoms with van der Waals surface area (Å²) in [5.74, 6) is 0. The summed E-state index contributed by atoms with van der Waals surface area (Å²) >= 11 is 0. The van der Waals surface area contributed by atoms with E-state index in [1.165, 1.54) is 19.4 Å². The molecule has 1 aliphatic heterocycles. The molecule has 1 saturated heterocycles. The van der Waals surface area contributed by atoms with Crippen molar-refractivity contribution in [1.82, 2.24) is 10.2 Å². The van der Waals surface area contributed by atoms with Crippen molar-refractivity contribution in [3.63, 3.8) is 0 Å². The molecule has 1 heterocycles. The molecule has 1 aliphatic rings. The van der Waals surface area contributed by atoms with Crippen molar-refractivity contribution in [2.24, 2.45) is 0 Å². The minimum Gasteiger partial charge on any atom is -0.382 e. The van der Waals surface area contributed by atoms with Crippen molar-refractivity contribution in [2.75, 3.05) is 53.6 Å². The number of methoxy groups -OCH3 is 1. The predicted molar refractivity (Wildman–Crippen MR) is 61.2 cm³/mol. The third-order valence-corrected chi connectivity index (χ3v) is 2.90. The number of likely N-dealkylation sites (N-methyl/N-ethyl adjacent to an activating group) is 1. The van der Waals surface area contributed by atoms with Crippen LogP contribution >= 0.6 is 0 Å². The molecule has 0 aromatic carbocycles. The van der Waals surface area contributed by atoms with Crippen LogP contribution in [0, 0.1) is 0 Å². The van der Waals surface area contributed by atoms with E-state index in [0.717, 1.165) is 19.7 Å². The van der Waals surface area contributed by atoms with Crippen LogP contribution in [0.15, 0.2) is 0 Å². The molecule has 0 aromatic heterocycles. The highest BCUT2D eigenvalue weighted by molar-refractivity contribution is 4.76. The Hall–Kier alpha value is -0.160. The number of nitrogens with zero attached hydrogens (tertiary/aromatic N) is 1. The lowest BCUT2D eigenvalue weighted by atomic mass is 10.1. The van der Waals surface area contributed by atoms with Crippen LogP contribution in [-0.2, 0) is 9.47 Å². The quantitative estimate of drug-likeness (QED) is 0.622. The highest BCUT2D eigenvalue weighted by Crippen LogP contribution is 2.08. The summed E-state index contributed by atoms with van der Waals surface area (Å²) < 4.78 is 10.4. The zero-order chi connectivity index (χ0) is 10.9. The second-order valence-electron chi connectivity index (χ2n) is 4.03. The Morgan fingerprint density at radius 3 is 2.93 bits per heavy atom. The van der Waals surface area contributed by atoms with Crippen LogP contribution in [-0.4, -0.2) is 64.6 Å². The van der Waals surface area contributed by atoms with E-state index in [0.29, 0.717) is 19.3 Å². The molecule has 1 N–H and O–H groups in total. The fourth-order valence-electron chi connectivity index (χ4n) is 1.93. The maximum atomic E-state index is 5.46. The van der Waals surface area contributed by atoms with Gasteiger partial charge in [-0.2, -0.15) is 0 Å². The number of piperidine rings is 1. The Morgan fingerprint density at radius 2 is 2.20 bits per heavy atom. The molecule has 0 radical (unpaired) electrons. The van der Waals surface area contributed by atoms with Crippen LogP contribution in [0.3, 0.4) is 0 Å². The number of nitrogens with one attached hydrogen (secondary N) is 1. The van der Waals surface area contributed by atoms with Gasteiger partial charge in [0.1, 0.15) is 0 Å². The minimum atomic E-state index is 0.665. The van der Waals surface area contributed by atoms with Gasteiger partial charge in [-0.3, -0.25) is 4.90 Å². The summed E-state index contributed by atoms with van der Waals surface area (Å²) in [6, 6.07) is 0.665. The lowest BCUT2D eigenvalue weighted by molar-refractivity contribution is 0.0518. The van der Waals surface area contributed by atoms with Crippen LogP contribution in [0.25, 0.3) is 0 Å². The molecule has 90 valence electrons. The van der Waals surface area contributed by atoms with Crippen LogP contribution < -0.4 is 5.32 Å². The zero-order valence-corrected chi connectivity index (χ0v) is 10.00. The van der Waals surface area contributed by atoms with Crippen molar-refractivity contribution < 1.29 is 9.47 Å². The molecule has 0 saturated carbocycles. The van der Waals surface area contributed by atoms with E-state index in [2.05, 4.69) is 10.2 Å². The summed E-state index contributed by atoms with van der Waals surface area (Å²) in [4.78, 5) is 2.47. The van der Waals surface area contributed by atoms with Gasteiger partial charge in [-0.05, 0) is 26.4 Å². The largest absolute Gasteiger partial charge is 0.382 e. The van der Waals surface area contributed by atoms with Crippen molar-refractivity contribution in [3.05, 3.63) is 0 Å². The smallest absolute Gasteiger partial charge is 0.0700 e. The second kappa shape index (κ2) is 8.05. The fraction of sp³-hybridized carbons (Fsp3) is 1.00. The summed E-state index contributed by atoms with van der Waals surface area (Å²) in [6.07, 6.45) is 2.60. The van der Waals surface area contributed by atoms with Crippen LogP contribution in [0.5, 0.6) is 0 Å². The molecule has 0 aliphatic carbocycles. The maximum Gasteiger partial charge on any atom is 0.0700 e. The Kier molecular flexibility index (Phi) is 6.92. The summed E-state index contributed by atoms with van der Waals surface area (Å²) in [6.45, 7) is 5.64. The molecule has 0 bridgehead atoms. The van der Waals surface area contributed by atoms with Gasteiger partial charge in [-0.15, -0.1) is 0 Å². The lowest BCUT2D eigenvalue weighted by Gasteiger charge is -2.32. The van der Waals surface area contributed by atoms with Gasteiger partial charge >= 0.3 is 0 Å². The van der Waals surface area contributed by atoms with Crippen LogP contribution in [0.4, 0.5) is 0 Å². The van der Waals surface area contributed by atoms with Crippen molar-refractivity contribution in [3.8, 4) is 0 Å². The molecule has 4 nitrogen and oxygen atoms in total. The third-order valence-electron chi connectivity index (χ3n) is 2.90. The first-order chi connectivity index (χ1) is 7.36. The van der Waals surface area contributed by atoms with Crippen molar-refractivity contribution >= 4 is 0 Å². The number of hydrogen-bond acceptors (Lipinski definition) is 4. The van der Waals surface area contributed by atoms with Crippen molar-refractivity contribution in [2.45, 2.75) is 18.9 Å². The zero-order valence-electron chi connectivity index (χ0n) is 10.00. The van der Waals surface area contributed by atoms with Gasteiger partial charge in [0.2, 0.25) is 0 Å². The van der Waals surface area contributed by atoms with Gasteiger partial charge in [-0.25, -0.2) is 0 Å². The molecule has 4 heteroatoms. The second-order valence-corrected chi connectivity index (χ2v) is 4.03. The lowest BCUT2D eigenvalue weighted by Crippen LogP contribution is -2.45. The average Bonchev–Trinajstić information content (AvgIpc) is 2.29. The van der Waals surface area contributed by atoms with E-state index in [-0.39, 0.29) is 0 Å². The molecule has 0 amide bonds. The number of ether oxygens (including phenoxy) is 2. The number of rotatable bonds is 7. The minimum absolute atomic E-state index is 0.665. The van der Waals surface area contributed by atoms with E-state index < -0.39 is 0 Å². The molecule has 0 aromatic rings. The van der Waals surface area contributed by atoms with Gasteiger partial charge < -0.3 is 14.8 Å². The molecule has 1 unspecified atom stereocenters. The maximum absolute atomic E-state index is 5.46. The van der Waals surface area contributed by atoms with Gasteiger partial charge in [0, 0.05) is 26.2 Å². The fourth-order valence-corrected chi connectivity index (χ4v) is 1.93. The van der Waals surface area contributed by atoms with E-state index in [1.807, 2.05) is 7.05 Å². The van der Waals surface area contributed by atoms with Crippen LogP contribution in [0.2, 0.25) is 0 Å².